The van der Waals surface area contributed by atoms with Gasteiger partial charge in [0.05, 0.1) is 13.2 Å². The third-order valence-corrected chi connectivity index (χ3v) is 3.65. The van der Waals surface area contributed by atoms with Crippen LogP contribution in [0.5, 0.6) is 5.75 Å². The lowest BCUT2D eigenvalue weighted by atomic mass is 10.2. The second-order valence-corrected chi connectivity index (χ2v) is 5.55. The van der Waals surface area contributed by atoms with Crippen molar-refractivity contribution in [1.29, 1.82) is 0 Å². The molecule has 2 aromatic rings. The lowest BCUT2D eigenvalue weighted by Crippen LogP contribution is -2.20. The zero-order valence-corrected chi connectivity index (χ0v) is 13.5. The van der Waals surface area contributed by atoms with Crippen LogP contribution in [0, 0.1) is 0 Å². The molecule has 24 heavy (non-hydrogen) atoms. The summed E-state index contributed by atoms with van der Waals surface area (Å²) in [6, 6.07) is 17.4. The summed E-state index contributed by atoms with van der Waals surface area (Å²) in [6.45, 7) is 2.19. The van der Waals surface area contributed by atoms with Gasteiger partial charge in [-0.1, -0.05) is 30.3 Å². The summed E-state index contributed by atoms with van der Waals surface area (Å²) in [7, 11) is 0. The monoisotopic (exact) mass is 323 g/mol. The van der Waals surface area contributed by atoms with Crippen LogP contribution in [0.15, 0.2) is 59.6 Å². The summed E-state index contributed by atoms with van der Waals surface area (Å²) in [5.74, 6) is 1.71. The Morgan fingerprint density at radius 1 is 1.17 bits per heavy atom. The minimum Gasteiger partial charge on any atom is -0.494 e. The van der Waals surface area contributed by atoms with Crippen molar-refractivity contribution < 1.29 is 9.53 Å². The first-order chi connectivity index (χ1) is 11.8. The summed E-state index contributed by atoms with van der Waals surface area (Å²) in [6.07, 6.45) is 1.10. The van der Waals surface area contributed by atoms with Crippen molar-refractivity contribution in [2.45, 2.75) is 12.8 Å². The van der Waals surface area contributed by atoms with Crippen molar-refractivity contribution in [1.82, 2.24) is 5.32 Å². The Bertz CT molecular complexity index is 714. The minimum atomic E-state index is -0.00914. The molecule has 5 heteroatoms. The number of carbonyl (C=O) groups is 1. The minimum absolute atomic E-state index is 0.00914. The van der Waals surface area contributed by atoms with Gasteiger partial charge in [-0.05, 0) is 30.7 Å². The fourth-order valence-electron chi connectivity index (χ4n) is 2.50. The molecule has 3 rings (SSSR count). The Balaban J connectivity index is 1.44. The Labute approximate surface area is 141 Å². The van der Waals surface area contributed by atoms with Gasteiger partial charge >= 0.3 is 0 Å². The van der Waals surface area contributed by atoms with E-state index in [4.69, 9.17) is 4.74 Å². The van der Waals surface area contributed by atoms with Crippen LogP contribution in [0.1, 0.15) is 18.4 Å². The van der Waals surface area contributed by atoms with Crippen LogP contribution in [0.3, 0.4) is 0 Å². The number of benzene rings is 2. The van der Waals surface area contributed by atoms with Gasteiger partial charge in [0.2, 0.25) is 5.91 Å². The van der Waals surface area contributed by atoms with E-state index in [1.807, 2.05) is 54.6 Å². The van der Waals surface area contributed by atoms with Gasteiger partial charge in [-0.15, -0.1) is 0 Å². The molecule has 2 N–H and O–H groups in total. The molecule has 0 spiro atoms. The maximum absolute atomic E-state index is 12.0. The molecule has 0 saturated heterocycles. The Morgan fingerprint density at radius 3 is 2.83 bits per heavy atom. The second kappa shape index (κ2) is 8.15. The number of hydrogen-bond donors (Lipinski definition) is 2. The van der Waals surface area contributed by atoms with Gasteiger partial charge in [0.25, 0.3) is 0 Å². The van der Waals surface area contributed by atoms with Crippen LogP contribution in [0.25, 0.3) is 0 Å². The first-order valence-electron chi connectivity index (χ1n) is 8.18. The topological polar surface area (TPSA) is 62.7 Å². The molecule has 1 heterocycles. The molecule has 0 bridgehead atoms. The predicted molar refractivity (Wildman–Crippen MR) is 95.6 cm³/mol. The van der Waals surface area contributed by atoms with Gasteiger partial charge < -0.3 is 15.4 Å². The van der Waals surface area contributed by atoms with E-state index < -0.39 is 0 Å². The highest BCUT2D eigenvalue weighted by molar-refractivity contribution is 6.01. The number of hydrogen-bond acceptors (Lipinski definition) is 4. The van der Waals surface area contributed by atoms with Crippen molar-refractivity contribution in [3.8, 4) is 5.75 Å². The molecule has 0 atom stereocenters. The third-order valence-electron chi connectivity index (χ3n) is 3.65. The molecule has 1 amide bonds. The summed E-state index contributed by atoms with van der Waals surface area (Å²) >= 11 is 0. The molecule has 0 aliphatic carbocycles. The van der Waals surface area contributed by atoms with Crippen LogP contribution in [-0.4, -0.2) is 31.4 Å². The molecule has 5 nitrogen and oxygen atoms in total. The maximum atomic E-state index is 12.0. The predicted octanol–water partition coefficient (Wildman–Crippen LogP) is 2.83. The molecule has 0 radical (unpaired) electrons. The molecular weight excluding hydrogens is 302 g/mol. The molecule has 0 aromatic heterocycles. The fourth-order valence-corrected chi connectivity index (χ4v) is 2.50. The van der Waals surface area contributed by atoms with Crippen molar-refractivity contribution in [2.24, 2.45) is 4.99 Å². The van der Waals surface area contributed by atoms with E-state index in [0.717, 1.165) is 35.9 Å². The summed E-state index contributed by atoms with van der Waals surface area (Å²) in [5.41, 5.74) is 1.79. The van der Waals surface area contributed by atoms with Gasteiger partial charge in [-0.3, -0.25) is 9.79 Å². The molecule has 124 valence electrons. The number of aliphatic imine (C=N–C) groups is 1. The highest BCUT2D eigenvalue weighted by Gasteiger charge is 2.09. The van der Waals surface area contributed by atoms with Crippen LogP contribution in [-0.2, 0) is 4.79 Å². The van der Waals surface area contributed by atoms with Crippen LogP contribution in [0.4, 0.5) is 5.69 Å². The number of amidine groups is 1. The number of anilines is 1. The quantitative estimate of drug-likeness (QED) is 0.770. The van der Waals surface area contributed by atoms with Crippen molar-refractivity contribution >= 4 is 17.4 Å². The van der Waals surface area contributed by atoms with Gasteiger partial charge in [-0.2, -0.15) is 0 Å². The van der Waals surface area contributed by atoms with E-state index in [-0.39, 0.29) is 5.91 Å². The lowest BCUT2D eigenvalue weighted by molar-refractivity contribution is -0.116. The van der Waals surface area contributed by atoms with Gasteiger partial charge in [0.15, 0.2) is 0 Å². The largest absolute Gasteiger partial charge is 0.494 e. The number of para-hydroxylation sites is 1. The zero-order chi connectivity index (χ0) is 16.6. The highest BCUT2D eigenvalue weighted by Crippen LogP contribution is 2.13. The average Bonchev–Trinajstić information content (AvgIpc) is 3.15. The second-order valence-electron chi connectivity index (χ2n) is 5.55. The van der Waals surface area contributed by atoms with Crippen molar-refractivity contribution in [3.63, 3.8) is 0 Å². The van der Waals surface area contributed by atoms with Crippen LogP contribution in [0.2, 0.25) is 0 Å². The SMILES string of the molecule is O=C(CCCOc1ccccc1)Nc1cccc(C2=NCCN2)c1. The smallest absolute Gasteiger partial charge is 0.224 e. The third kappa shape index (κ3) is 4.59. The number of amides is 1. The van der Waals surface area contributed by atoms with Gasteiger partial charge in [-0.25, -0.2) is 0 Å². The summed E-state index contributed by atoms with van der Waals surface area (Å²) < 4.78 is 5.59. The average molecular weight is 323 g/mol. The van der Waals surface area contributed by atoms with Gasteiger partial charge in [0, 0.05) is 24.2 Å². The fraction of sp³-hybridized carbons (Fsp3) is 0.263. The maximum Gasteiger partial charge on any atom is 0.224 e. The van der Waals surface area contributed by atoms with E-state index in [0.29, 0.717) is 19.4 Å². The van der Waals surface area contributed by atoms with E-state index in [1.165, 1.54) is 0 Å². The molecule has 0 saturated carbocycles. The number of rotatable bonds is 7. The standard InChI is InChI=1S/C19H21N3O2/c23-18(10-5-13-24-17-8-2-1-3-9-17)22-16-7-4-6-15(14-16)19-20-11-12-21-19/h1-4,6-9,14H,5,10-13H2,(H,20,21)(H,22,23). The number of ether oxygens (including phenoxy) is 1. The number of carbonyl (C=O) groups excluding carboxylic acids is 1. The van der Waals surface area contributed by atoms with Crippen LogP contribution >= 0.6 is 0 Å². The Kier molecular flexibility index (Phi) is 5.45. The molecule has 1 aliphatic rings. The molecule has 0 fully saturated rings. The van der Waals surface area contributed by atoms with Crippen LogP contribution < -0.4 is 15.4 Å². The summed E-state index contributed by atoms with van der Waals surface area (Å²) in [4.78, 5) is 16.4. The van der Waals surface area contributed by atoms with Crippen molar-refractivity contribution in [3.05, 3.63) is 60.2 Å². The Morgan fingerprint density at radius 2 is 2.04 bits per heavy atom. The van der Waals surface area contributed by atoms with Gasteiger partial charge in [0.1, 0.15) is 11.6 Å². The number of nitrogens with zero attached hydrogens (tertiary/aromatic N) is 1. The highest BCUT2D eigenvalue weighted by atomic mass is 16.5. The van der Waals surface area contributed by atoms with Crippen molar-refractivity contribution in [2.75, 3.05) is 25.0 Å². The van der Waals surface area contributed by atoms with E-state index in [2.05, 4.69) is 15.6 Å². The van der Waals surface area contributed by atoms with E-state index in [1.54, 1.807) is 0 Å². The first kappa shape index (κ1) is 16.1. The first-order valence-corrected chi connectivity index (χ1v) is 8.18. The molecule has 0 unspecified atom stereocenters. The van der Waals surface area contributed by atoms with E-state index >= 15 is 0 Å². The van der Waals surface area contributed by atoms with E-state index in [9.17, 15) is 4.79 Å². The zero-order valence-electron chi connectivity index (χ0n) is 13.5. The number of nitrogens with one attached hydrogen (secondary N) is 2. The Hall–Kier alpha value is -2.82. The lowest BCUT2D eigenvalue weighted by Gasteiger charge is -2.09. The molecule has 1 aliphatic heterocycles. The summed E-state index contributed by atoms with van der Waals surface area (Å²) in [5, 5.41) is 6.16. The normalized spacial score (nSPS) is 13.1. The molecular formula is C19H21N3O2. The molecule has 2 aromatic carbocycles.